The summed E-state index contributed by atoms with van der Waals surface area (Å²) in [6.07, 6.45) is 0. The minimum atomic E-state index is -0.436. The summed E-state index contributed by atoms with van der Waals surface area (Å²) in [5.74, 6) is 0.943. The van der Waals surface area contributed by atoms with Crippen molar-refractivity contribution in [2.75, 3.05) is 10.6 Å². The fourth-order valence-electron chi connectivity index (χ4n) is 2.16. The number of rotatable bonds is 6. The molecule has 1 aromatic heterocycles. The van der Waals surface area contributed by atoms with Gasteiger partial charge in [0.2, 0.25) is 5.89 Å². The van der Waals surface area contributed by atoms with Gasteiger partial charge in [0, 0.05) is 17.8 Å². The zero-order chi connectivity index (χ0) is 16.9. The third kappa shape index (κ3) is 3.67. The molecule has 0 fully saturated rings. The van der Waals surface area contributed by atoms with Gasteiger partial charge in [-0.05, 0) is 25.1 Å². The number of nitrogens with zero attached hydrogens (tertiary/aromatic N) is 3. The van der Waals surface area contributed by atoms with Gasteiger partial charge < -0.3 is 15.2 Å². The van der Waals surface area contributed by atoms with E-state index in [1.807, 2.05) is 30.3 Å². The maximum Gasteiger partial charge on any atom is 0.271 e. The molecule has 8 nitrogen and oxygen atoms in total. The lowest BCUT2D eigenvalue weighted by Crippen LogP contribution is -2.04. The van der Waals surface area contributed by atoms with E-state index >= 15 is 0 Å². The molecule has 3 aromatic rings. The molecule has 1 heterocycles. The van der Waals surface area contributed by atoms with Crippen LogP contribution in [0.5, 0.6) is 0 Å². The van der Waals surface area contributed by atoms with Crippen LogP contribution in [0.15, 0.2) is 53.1 Å². The van der Waals surface area contributed by atoms with Gasteiger partial charge in [0.15, 0.2) is 5.82 Å². The van der Waals surface area contributed by atoms with Crippen molar-refractivity contribution >= 4 is 22.7 Å². The van der Waals surface area contributed by atoms with Gasteiger partial charge in [-0.25, -0.2) is 0 Å². The number of aryl methyl sites for hydroxylation is 1. The Labute approximate surface area is 137 Å². The molecule has 0 radical (unpaired) electrons. The fourth-order valence-corrected chi connectivity index (χ4v) is 2.16. The Hall–Kier alpha value is -3.42. The lowest BCUT2D eigenvalue weighted by Gasteiger charge is -2.13. The molecular weight excluding hydrogens is 310 g/mol. The highest BCUT2D eigenvalue weighted by Crippen LogP contribution is 2.30. The molecule has 0 amide bonds. The molecule has 0 atom stereocenters. The summed E-state index contributed by atoms with van der Waals surface area (Å²) in [7, 11) is 0. The second-order valence-corrected chi connectivity index (χ2v) is 5.07. The van der Waals surface area contributed by atoms with Gasteiger partial charge in [0.05, 0.1) is 22.8 Å². The first-order valence-corrected chi connectivity index (χ1v) is 7.25. The predicted molar refractivity (Wildman–Crippen MR) is 89.2 cm³/mol. The zero-order valence-corrected chi connectivity index (χ0v) is 12.9. The molecule has 0 spiro atoms. The average molecular weight is 325 g/mol. The second-order valence-electron chi connectivity index (χ2n) is 5.07. The lowest BCUT2D eigenvalue weighted by molar-refractivity contribution is -0.384. The monoisotopic (exact) mass is 325 g/mol. The molecule has 24 heavy (non-hydrogen) atoms. The van der Waals surface area contributed by atoms with Crippen molar-refractivity contribution in [3.05, 3.63) is 70.4 Å². The molecule has 0 saturated heterocycles. The van der Waals surface area contributed by atoms with Gasteiger partial charge in [-0.3, -0.25) is 10.1 Å². The number of non-ortho nitro benzene ring substituents is 1. The van der Waals surface area contributed by atoms with Gasteiger partial charge >= 0.3 is 0 Å². The van der Waals surface area contributed by atoms with Gasteiger partial charge in [-0.2, -0.15) is 4.98 Å². The quantitative estimate of drug-likeness (QED) is 0.526. The first kappa shape index (κ1) is 15.5. The summed E-state index contributed by atoms with van der Waals surface area (Å²) in [5.41, 5.74) is 2.16. The smallest absolute Gasteiger partial charge is 0.271 e. The SMILES string of the molecule is Cc1noc(CNc2cc([N+](=O)[O-])ccc2Nc2ccccc2)n1. The van der Waals surface area contributed by atoms with Crippen LogP contribution in [0.3, 0.4) is 0 Å². The molecular formula is C16H15N5O3. The normalized spacial score (nSPS) is 10.4. The number of nitrogens with one attached hydrogen (secondary N) is 2. The molecule has 3 rings (SSSR count). The van der Waals surface area contributed by atoms with Crippen LogP contribution in [0.1, 0.15) is 11.7 Å². The Morgan fingerprint density at radius 3 is 2.62 bits per heavy atom. The van der Waals surface area contributed by atoms with Crippen LogP contribution in [-0.4, -0.2) is 15.1 Å². The van der Waals surface area contributed by atoms with Crippen LogP contribution < -0.4 is 10.6 Å². The zero-order valence-electron chi connectivity index (χ0n) is 12.9. The van der Waals surface area contributed by atoms with Crippen molar-refractivity contribution in [2.45, 2.75) is 13.5 Å². The highest BCUT2D eigenvalue weighted by molar-refractivity contribution is 5.76. The van der Waals surface area contributed by atoms with E-state index in [1.165, 1.54) is 12.1 Å². The minimum absolute atomic E-state index is 0.00202. The fraction of sp³-hybridized carbons (Fsp3) is 0.125. The number of benzene rings is 2. The predicted octanol–water partition coefficient (Wildman–Crippen LogP) is 3.64. The van der Waals surface area contributed by atoms with E-state index in [1.54, 1.807) is 13.0 Å². The molecule has 122 valence electrons. The first-order valence-electron chi connectivity index (χ1n) is 7.25. The highest BCUT2D eigenvalue weighted by Gasteiger charge is 2.12. The summed E-state index contributed by atoms with van der Waals surface area (Å²) < 4.78 is 5.04. The van der Waals surface area contributed by atoms with Gasteiger partial charge in [0.25, 0.3) is 5.69 Å². The van der Waals surface area contributed by atoms with Crippen LogP contribution in [0, 0.1) is 17.0 Å². The van der Waals surface area contributed by atoms with E-state index in [4.69, 9.17) is 4.52 Å². The van der Waals surface area contributed by atoms with Crippen molar-refractivity contribution in [3.63, 3.8) is 0 Å². The molecule has 0 unspecified atom stereocenters. The Bertz CT molecular complexity index is 848. The van der Waals surface area contributed by atoms with E-state index in [0.29, 0.717) is 23.1 Å². The topological polar surface area (TPSA) is 106 Å². The number of para-hydroxylation sites is 1. The summed E-state index contributed by atoms with van der Waals surface area (Å²) >= 11 is 0. The highest BCUT2D eigenvalue weighted by atomic mass is 16.6. The molecule has 8 heteroatoms. The van der Waals surface area contributed by atoms with Crippen LogP contribution in [0.2, 0.25) is 0 Å². The standard InChI is InChI=1S/C16H15N5O3/c1-11-18-16(24-20-11)10-17-15-9-13(21(22)23)7-8-14(15)19-12-5-3-2-4-6-12/h2-9,17,19H,10H2,1H3. The number of hydrogen-bond donors (Lipinski definition) is 2. The molecule has 2 aromatic carbocycles. The van der Waals surface area contributed by atoms with Crippen molar-refractivity contribution in [1.82, 2.24) is 10.1 Å². The van der Waals surface area contributed by atoms with Crippen molar-refractivity contribution < 1.29 is 9.45 Å². The largest absolute Gasteiger partial charge is 0.374 e. The summed E-state index contributed by atoms with van der Waals surface area (Å²) in [6.45, 7) is 1.99. The molecule has 0 aliphatic rings. The number of anilines is 3. The molecule has 0 aliphatic heterocycles. The van der Waals surface area contributed by atoms with E-state index in [-0.39, 0.29) is 12.2 Å². The van der Waals surface area contributed by atoms with Crippen molar-refractivity contribution in [2.24, 2.45) is 0 Å². The van der Waals surface area contributed by atoms with Crippen molar-refractivity contribution in [1.29, 1.82) is 0 Å². The third-order valence-electron chi connectivity index (χ3n) is 3.27. The minimum Gasteiger partial charge on any atom is -0.374 e. The van der Waals surface area contributed by atoms with E-state index < -0.39 is 4.92 Å². The van der Waals surface area contributed by atoms with Gasteiger partial charge in [0.1, 0.15) is 0 Å². The van der Waals surface area contributed by atoms with Gasteiger partial charge in [-0.15, -0.1) is 0 Å². The number of aromatic nitrogens is 2. The van der Waals surface area contributed by atoms with Crippen LogP contribution in [0.4, 0.5) is 22.7 Å². The lowest BCUT2D eigenvalue weighted by atomic mass is 10.2. The summed E-state index contributed by atoms with van der Waals surface area (Å²) in [4.78, 5) is 14.7. The Morgan fingerprint density at radius 2 is 1.96 bits per heavy atom. The average Bonchev–Trinajstić information content (AvgIpc) is 3.00. The number of hydrogen-bond acceptors (Lipinski definition) is 7. The summed E-state index contributed by atoms with van der Waals surface area (Å²) in [5, 5.41) is 21.1. The molecule has 0 bridgehead atoms. The van der Waals surface area contributed by atoms with Crippen LogP contribution in [-0.2, 0) is 6.54 Å². The van der Waals surface area contributed by atoms with Crippen LogP contribution >= 0.6 is 0 Å². The number of nitro groups is 1. The molecule has 0 saturated carbocycles. The Kier molecular flexibility index (Phi) is 4.37. The number of nitro benzene ring substituents is 1. The van der Waals surface area contributed by atoms with Crippen molar-refractivity contribution in [3.8, 4) is 0 Å². The first-order chi connectivity index (χ1) is 11.6. The maximum atomic E-state index is 11.0. The van der Waals surface area contributed by atoms with Gasteiger partial charge in [-0.1, -0.05) is 23.4 Å². The Balaban J connectivity index is 1.85. The van der Waals surface area contributed by atoms with E-state index in [9.17, 15) is 10.1 Å². The van der Waals surface area contributed by atoms with E-state index in [2.05, 4.69) is 20.8 Å². The second kappa shape index (κ2) is 6.78. The van der Waals surface area contributed by atoms with Crippen LogP contribution in [0.25, 0.3) is 0 Å². The third-order valence-corrected chi connectivity index (χ3v) is 3.27. The maximum absolute atomic E-state index is 11.0. The van der Waals surface area contributed by atoms with E-state index in [0.717, 1.165) is 5.69 Å². The molecule has 2 N–H and O–H groups in total. The Morgan fingerprint density at radius 1 is 1.17 bits per heavy atom. The molecule has 0 aliphatic carbocycles. The summed E-state index contributed by atoms with van der Waals surface area (Å²) in [6, 6.07) is 14.1.